The first-order chi connectivity index (χ1) is 11.4. The zero-order valence-corrected chi connectivity index (χ0v) is 13.9. The Morgan fingerprint density at radius 1 is 0.917 bits per heavy atom. The fourth-order valence-corrected chi connectivity index (χ4v) is 2.22. The van der Waals surface area contributed by atoms with Gasteiger partial charge in [0, 0.05) is 34.7 Å². The van der Waals surface area contributed by atoms with Crippen LogP contribution in [0.2, 0.25) is 0 Å². The topological polar surface area (TPSA) is 113 Å². The van der Waals surface area contributed by atoms with Gasteiger partial charge in [0.25, 0.3) is 0 Å². The van der Waals surface area contributed by atoms with Crippen LogP contribution in [0, 0.1) is 0 Å². The molecule has 4 rings (SSSR count). The zero-order valence-electron chi connectivity index (χ0n) is 12.2. The smallest absolute Gasteiger partial charge is 0.264 e. The van der Waals surface area contributed by atoms with Gasteiger partial charge in [0.05, 0.1) is 16.5 Å². The van der Waals surface area contributed by atoms with E-state index in [1.807, 2.05) is 29.8 Å². The van der Waals surface area contributed by atoms with E-state index in [0.717, 1.165) is 21.8 Å². The largest absolute Gasteiger partial charge is 0.394 e. The third kappa shape index (κ3) is 5.97. The summed E-state index contributed by atoms with van der Waals surface area (Å²) in [6.07, 6.45) is 5.39. The fraction of sp³-hybridized carbons (Fsp3) is 0. The van der Waals surface area contributed by atoms with Crippen LogP contribution in [-0.2, 0) is 10.4 Å². The van der Waals surface area contributed by atoms with Crippen molar-refractivity contribution in [3.63, 3.8) is 0 Å². The lowest BCUT2D eigenvalue weighted by Crippen LogP contribution is -1.89. The van der Waals surface area contributed by atoms with E-state index in [2.05, 4.69) is 33.2 Å². The molecule has 0 aliphatic rings. The molecule has 9 heteroatoms. The number of benzene rings is 1. The molecule has 0 fully saturated rings. The van der Waals surface area contributed by atoms with Crippen molar-refractivity contribution in [3.05, 3.63) is 65.9 Å². The van der Waals surface area contributed by atoms with Gasteiger partial charge in [-0.25, -0.2) is 0 Å². The Morgan fingerprint density at radius 2 is 1.62 bits per heavy atom. The van der Waals surface area contributed by atoms with Crippen LogP contribution in [0.1, 0.15) is 0 Å². The predicted molar refractivity (Wildman–Crippen MR) is 93.3 cm³/mol. The van der Waals surface area contributed by atoms with E-state index in [1.54, 1.807) is 29.2 Å². The molecule has 0 saturated heterocycles. The lowest BCUT2D eigenvalue weighted by atomic mass is 10.1. The van der Waals surface area contributed by atoms with Gasteiger partial charge in [-0.15, -0.1) is 11.3 Å². The second-order valence-electron chi connectivity index (χ2n) is 4.33. The first kappa shape index (κ1) is 17.9. The van der Waals surface area contributed by atoms with E-state index in [0.29, 0.717) is 0 Å². The minimum absolute atomic E-state index is 0.999. The molecule has 7 nitrogen and oxygen atoms in total. The fourth-order valence-electron chi connectivity index (χ4n) is 1.87. The first-order valence-electron chi connectivity index (χ1n) is 6.55. The highest BCUT2D eigenvalue weighted by Crippen LogP contribution is 2.20. The van der Waals surface area contributed by atoms with E-state index < -0.39 is 10.4 Å². The SMILES string of the molecule is O=S(=O)(O)O.c1cnc2c(c1)ccc1ncccc12.c1cscn1. The van der Waals surface area contributed by atoms with Gasteiger partial charge in [-0.05, 0) is 24.3 Å². The Labute approximate surface area is 142 Å². The van der Waals surface area contributed by atoms with E-state index in [-0.39, 0.29) is 0 Å². The van der Waals surface area contributed by atoms with Crippen molar-refractivity contribution < 1.29 is 17.5 Å². The molecule has 1 aromatic carbocycles. The van der Waals surface area contributed by atoms with Crippen LogP contribution >= 0.6 is 11.3 Å². The molecule has 0 amide bonds. The molecule has 24 heavy (non-hydrogen) atoms. The summed E-state index contributed by atoms with van der Waals surface area (Å²) in [4.78, 5) is 12.4. The highest BCUT2D eigenvalue weighted by atomic mass is 32.3. The van der Waals surface area contributed by atoms with Crippen molar-refractivity contribution in [2.45, 2.75) is 0 Å². The van der Waals surface area contributed by atoms with Crippen molar-refractivity contribution in [1.29, 1.82) is 0 Å². The van der Waals surface area contributed by atoms with Gasteiger partial charge in [0.1, 0.15) is 0 Å². The summed E-state index contributed by atoms with van der Waals surface area (Å²) >= 11 is 1.60. The quantitative estimate of drug-likeness (QED) is 0.364. The van der Waals surface area contributed by atoms with Crippen LogP contribution in [0.5, 0.6) is 0 Å². The number of nitrogens with zero attached hydrogens (tertiary/aromatic N) is 3. The van der Waals surface area contributed by atoms with Crippen LogP contribution in [-0.4, -0.2) is 32.5 Å². The van der Waals surface area contributed by atoms with Gasteiger partial charge in [-0.2, -0.15) is 8.42 Å². The molecule has 0 spiro atoms. The molecule has 4 aromatic rings. The van der Waals surface area contributed by atoms with Crippen LogP contribution in [0.4, 0.5) is 0 Å². The Bertz CT molecular complexity index is 926. The Morgan fingerprint density at radius 3 is 2.25 bits per heavy atom. The molecular weight excluding hydrogens is 350 g/mol. The van der Waals surface area contributed by atoms with Crippen molar-refractivity contribution in [2.24, 2.45) is 0 Å². The lowest BCUT2D eigenvalue weighted by molar-refractivity contribution is 0.381. The van der Waals surface area contributed by atoms with Gasteiger partial charge >= 0.3 is 10.4 Å². The monoisotopic (exact) mass is 363 g/mol. The van der Waals surface area contributed by atoms with Crippen LogP contribution in [0.3, 0.4) is 0 Å². The Kier molecular flexibility index (Phi) is 6.27. The predicted octanol–water partition coefficient (Wildman–Crippen LogP) is 3.27. The minimum Gasteiger partial charge on any atom is -0.264 e. The summed E-state index contributed by atoms with van der Waals surface area (Å²) in [5, 5.41) is 4.21. The number of hydrogen-bond donors (Lipinski definition) is 2. The van der Waals surface area contributed by atoms with Gasteiger partial charge < -0.3 is 0 Å². The number of rotatable bonds is 0. The van der Waals surface area contributed by atoms with E-state index in [9.17, 15) is 0 Å². The second kappa shape index (κ2) is 8.41. The summed E-state index contributed by atoms with van der Waals surface area (Å²) in [5.74, 6) is 0. The Balaban J connectivity index is 0.000000173. The van der Waals surface area contributed by atoms with Gasteiger partial charge in [0.15, 0.2) is 0 Å². The first-order valence-corrected chi connectivity index (χ1v) is 8.89. The molecule has 3 heterocycles. The van der Waals surface area contributed by atoms with E-state index in [1.165, 1.54) is 0 Å². The molecule has 124 valence electrons. The maximum Gasteiger partial charge on any atom is 0.394 e. The van der Waals surface area contributed by atoms with Gasteiger partial charge in [-0.3, -0.25) is 24.1 Å². The van der Waals surface area contributed by atoms with Crippen molar-refractivity contribution in [3.8, 4) is 0 Å². The number of pyridine rings is 2. The summed E-state index contributed by atoms with van der Waals surface area (Å²) in [5.41, 5.74) is 3.82. The van der Waals surface area contributed by atoms with E-state index >= 15 is 0 Å². The van der Waals surface area contributed by atoms with Crippen molar-refractivity contribution in [1.82, 2.24) is 15.0 Å². The van der Waals surface area contributed by atoms with Gasteiger partial charge in [0.2, 0.25) is 0 Å². The molecule has 0 aliphatic heterocycles. The van der Waals surface area contributed by atoms with Crippen molar-refractivity contribution in [2.75, 3.05) is 0 Å². The molecule has 0 unspecified atom stereocenters. The van der Waals surface area contributed by atoms with E-state index in [4.69, 9.17) is 17.5 Å². The third-order valence-electron chi connectivity index (χ3n) is 2.70. The Hall–Kier alpha value is -2.46. The number of fused-ring (bicyclic) bond motifs is 3. The number of aromatic nitrogens is 3. The molecule has 2 N–H and O–H groups in total. The van der Waals surface area contributed by atoms with Gasteiger partial charge in [-0.1, -0.05) is 12.1 Å². The summed E-state index contributed by atoms with van der Waals surface area (Å²) in [6.45, 7) is 0. The standard InChI is InChI=1S/C12H8N2.C3H3NS.H2O4S/c1-3-9-5-6-11-10(4-2-7-13-11)12(9)14-8-1;1-2-5-3-4-1;1-5(2,3)4/h1-8H;1-3H;(H2,1,2,3,4). The molecule has 3 aromatic heterocycles. The third-order valence-corrected chi connectivity index (χ3v) is 3.22. The lowest BCUT2D eigenvalue weighted by Gasteiger charge is -2.00. The summed E-state index contributed by atoms with van der Waals surface area (Å²) in [7, 11) is -4.67. The highest BCUT2D eigenvalue weighted by Gasteiger charge is 1.99. The normalized spacial score (nSPS) is 10.4. The number of thiazole rings is 1. The van der Waals surface area contributed by atoms with Crippen molar-refractivity contribution >= 4 is 43.5 Å². The molecule has 0 saturated carbocycles. The molecule has 0 bridgehead atoms. The van der Waals surface area contributed by atoms with Crippen LogP contribution < -0.4 is 0 Å². The zero-order chi connectivity index (χ0) is 17.4. The number of hydrogen-bond acceptors (Lipinski definition) is 6. The average molecular weight is 363 g/mol. The summed E-state index contributed by atoms with van der Waals surface area (Å²) in [6, 6.07) is 12.1. The average Bonchev–Trinajstić information content (AvgIpc) is 3.13. The minimum atomic E-state index is -4.67. The molecule has 0 radical (unpaired) electrons. The molecule has 0 atom stereocenters. The molecular formula is C15H13N3O4S2. The highest BCUT2D eigenvalue weighted by molar-refractivity contribution is 7.79. The summed E-state index contributed by atoms with van der Waals surface area (Å²) < 4.78 is 31.6. The maximum absolute atomic E-state index is 8.74. The van der Waals surface area contributed by atoms with Crippen LogP contribution in [0.15, 0.2) is 65.9 Å². The maximum atomic E-state index is 8.74. The van der Waals surface area contributed by atoms with Crippen LogP contribution in [0.25, 0.3) is 21.8 Å². The molecule has 0 aliphatic carbocycles. The second-order valence-corrected chi connectivity index (χ2v) is 5.99.